The van der Waals surface area contributed by atoms with E-state index < -0.39 is 0 Å². The lowest BCUT2D eigenvalue weighted by Gasteiger charge is -2.21. The zero-order chi connectivity index (χ0) is 12.8. The van der Waals surface area contributed by atoms with Gasteiger partial charge in [0.1, 0.15) is 0 Å². The van der Waals surface area contributed by atoms with E-state index >= 15 is 0 Å². The topological polar surface area (TPSA) is 32.3 Å². The Balaban J connectivity index is 2.57. The summed E-state index contributed by atoms with van der Waals surface area (Å²) < 4.78 is 0. The zero-order valence-corrected chi connectivity index (χ0v) is 11.5. The van der Waals surface area contributed by atoms with Crippen molar-refractivity contribution in [3.8, 4) is 0 Å². The second-order valence-corrected chi connectivity index (χ2v) is 5.17. The lowest BCUT2D eigenvalue weighted by Crippen LogP contribution is -2.33. The fraction of sp³-hybridized carbons (Fsp3) is 0.571. The minimum Gasteiger partial charge on any atom is -0.392 e. The minimum absolute atomic E-state index is 0.278. The molecule has 17 heavy (non-hydrogen) atoms. The fourth-order valence-electron chi connectivity index (χ4n) is 1.69. The van der Waals surface area contributed by atoms with Gasteiger partial charge in [0.25, 0.3) is 0 Å². The van der Waals surface area contributed by atoms with Gasteiger partial charge in [-0.15, -0.1) is 0 Å². The van der Waals surface area contributed by atoms with Crippen molar-refractivity contribution in [3.63, 3.8) is 0 Å². The molecule has 0 heterocycles. The van der Waals surface area contributed by atoms with Crippen molar-refractivity contribution >= 4 is 11.6 Å². The first-order chi connectivity index (χ1) is 8.04. The van der Waals surface area contributed by atoms with E-state index in [1.54, 1.807) is 0 Å². The van der Waals surface area contributed by atoms with Crippen LogP contribution >= 0.6 is 11.6 Å². The van der Waals surface area contributed by atoms with E-state index in [1.165, 1.54) is 5.56 Å². The molecule has 0 bridgehead atoms. The van der Waals surface area contributed by atoms with Crippen molar-refractivity contribution in [3.05, 3.63) is 34.9 Å². The maximum absolute atomic E-state index is 9.78. The number of halogens is 1. The van der Waals surface area contributed by atoms with E-state index in [9.17, 15) is 5.11 Å². The van der Waals surface area contributed by atoms with Crippen LogP contribution in [0.25, 0.3) is 0 Å². The number of aliphatic hydroxyl groups is 1. The number of nitrogens with one attached hydrogen (secondary N) is 1. The Hall–Kier alpha value is -0.570. The molecule has 0 aliphatic carbocycles. The average Bonchev–Trinajstić information content (AvgIpc) is 2.31. The summed E-state index contributed by atoms with van der Waals surface area (Å²) in [7, 11) is 0. The Kier molecular flexibility index (Phi) is 5.96. The highest BCUT2D eigenvalue weighted by molar-refractivity contribution is 6.30. The maximum Gasteiger partial charge on any atom is 0.0687 e. The van der Waals surface area contributed by atoms with Gasteiger partial charge in [-0.3, -0.25) is 0 Å². The van der Waals surface area contributed by atoms with Crippen LogP contribution < -0.4 is 5.32 Å². The summed E-state index contributed by atoms with van der Waals surface area (Å²) >= 11 is 5.87. The van der Waals surface area contributed by atoms with Crippen molar-refractivity contribution in [2.75, 3.05) is 6.54 Å². The molecule has 1 rings (SSSR count). The molecule has 0 saturated heterocycles. The Morgan fingerprint density at radius 2 is 1.82 bits per heavy atom. The molecule has 0 saturated carbocycles. The summed E-state index contributed by atoms with van der Waals surface area (Å²) in [4.78, 5) is 0. The molecule has 3 heteroatoms. The van der Waals surface area contributed by atoms with Gasteiger partial charge in [-0.05, 0) is 30.0 Å². The first-order valence-corrected chi connectivity index (χ1v) is 6.59. The second kappa shape index (κ2) is 7.00. The van der Waals surface area contributed by atoms with E-state index in [2.05, 4.69) is 12.2 Å². The van der Waals surface area contributed by atoms with Gasteiger partial charge in [-0.25, -0.2) is 0 Å². The molecular weight excluding hydrogens is 234 g/mol. The van der Waals surface area contributed by atoms with Crippen molar-refractivity contribution in [2.24, 2.45) is 5.92 Å². The number of aliphatic hydroxyl groups excluding tert-OH is 1. The predicted molar refractivity (Wildman–Crippen MR) is 73.3 cm³/mol. The van der Waals surface area contributed by atoms with Crippen molar-refractivity contribution in [2.45, 2.75) is 39.3 Å². The Labute approximate surface area is 109 Å². The summed E-state index contributed by atoms with van der Waals surface area (Å²) in [6.45, 7) is 6.80. The molecule has 1 aromatic carbocycles. The standard InChI is InChI=1S/C14H22ClNO/c1-4-13(16-9-14(17)10(2)3)11-5-7-12(15)8-6-11/h5-8,10,13-14,16-17H,4,9H2,1-3H3. The summed E-state index contributed by atoms with van der Waals surface area (Å²) in [6, 6.07) is 8.15. The van der Waals surface area contributed by atoms with Crippen LogP contribution in [0, 0.1) is 5.92 Å². The van der Waals surface area contributed by atoms with Crippen LogP contribution in [-0.2, 0) is 0 Å². The van der Waals surface area contributed by atoms with Gasteiger partial charge in [0.2, 0.25) is 0 Å². The molecular formula is C14H22ClNO. The SMILES string of the molecule is CCC(NCC(O)C(C)C)c1ccc(Cl)cc1. The first-order valence-electron chi connectivity index (χ1n) is 6.21. The maximum atomic E-state index is 9.78. The van der Waals surface area contributed by atoms with E-state index in [0.29, 0.717) is 6.54 Å². The number of rotatable bonds is 6. The molecule has 0 aliphatic rings. The van der Waals surface area contributed by atoms with Crippen LogP contribution in [-0.4, -0.2) is 17.8 Å². The monoisotopic (exact) mass is 255 g/mol. The van der Waals surface area contributed by atoms with E-state index in [-0.39, 0.29) is 18.1 Å². The van der Waals surface area contributed by atoms with E-state index in [0.717, 1.165) is 11.4 Å². The third-order valence-electron chi connectivity index (χ3n) is 3.02. The summed E-state index contributed by atoms with van der Waals surface area (Å²) in [5.74, 6) is 0.283. The molecule has 0 fully saturated rings. The van der Waals surface area contributed by atoms with Crippen LogP contribution in [0.2, 0.25) is 5.02 Å². The van der Waals surface area contributed by atoms with Gasteiger partial charge in [-0.2, -0.15) is 0 Å². The van der Waals surface area contributed by atoms with Crippen molar-refractivity contribution in [1.29, 1.82) is 0 Å². The van der Waals surface area contributed by atoms with Gasteiger partial charge in [-0.1, -0.05) is 44.5 Å². The number of benzene rings is 1. The molecule has 0 spiro atoms. The highest BCUT2D eigenvalue weighted by Gasteiger charge is 2.13. The fourth-order valence-corrected chi connectivity index (χ4v) is 1.82. The highest BCUT2D eigenvalue weighted by Crippen LogP contribution is 2.19. The molecule has 2 N–H and O–H groups in total. The normalized spacial score (nSPS) is 14.9. The van der Waals surface area contributed by atoms with Gasteiger partial charge in [0, 0.05) is 17.6 Å². The summed E-state index contributed by atoms with van der Waals surface area (Å²) in [6.07, 6.45) is 0.697. The first kappa shape index (κ1) is 14.5. The average molecular weight is 256 g/mol. The van der Waals surface area contributed by atoms with Crippen LogP contribution in [0.15, 0.2) is 24.3 Å². The summed E-state index contributed by atoms with van der Waals surface area (Å²) in [5, 5.41) is 13.9. The Morgan fingerprint density at radius 3 is 2.29 bits per heavy atom. The molecule has 0 aromatic heterocycles. The molecule has 0 aliphatic heterocycles. The third kappa shape index (κ3) is 4.66. The molecule has 2 nitrogen and oxygen atoms in total. The van der Waals surface area contributed by atoms with Crippen LogP contribution in [0.1, 0.15) is 38.8 Å². The quantitative estimate of drug-likeness (QED) is 0.817. The third-order valence-corrected chi connectivity index (χ3v) is 3.28. The Bertz CT molecular complexity index is 323. The van der Waals surface area contributed by atoms with Crippen LogP contribution in [0.3, 0.4) is 0 Å². The van der Waals surface area contributed by atoms with Crippen molar-refractivity contribution < 1.29 is 5.11 Å². The highest BCUT2D eigenvalue weighted by atomic mass is 35.5. The largest absolute Gasteiger partial charge is 0.392 e. The van der Waals surface area contributed by atoms with E-state index in [4.69, 9.17) is 11.6 Å². The lowest BCUT2D eigenvalue weighted by molar-refractivity contribution is 0.120. The van der Waals surface area contributed by atoms with Gasteiger partial charge in [0.05, 0.1) is 6.10 Å². The molecule has 2 atom stereocenters. The van der Waals surface area contributed by atoms with Crippen LogP contribution in [0.4, 0.5) is 0 Å². The predicted octanol–water partition coefficient (Wildman–Crippen LogP) is 3.40. The van der Waals surface area contributed by atoms with Gasteiger partial charge in [0.15, 0.2) is 0 Å². The second-order valence-electron chi connectivity index (χ2n) is 4.73. The molecule has 96 valence electrons. The number of hydrogen-bond donors (Lipinski definition) is 2. The van der Waals surface area contributed by atoms with Gasteiger partial charge >= 0.3 is 0 Å². The molecule has 0 radical (unpaired) electrons. The Morgan fingerprint density at radius 1 is 1.24 bits per heavy atom. The van der Waals surface area contributed by atoms with E-state index in [1.807, 2.05) is 38.1 Å². The smallest absolute Gasteiger partial charge is 0.0687 e. The molecule has 1 aromatic rings. The summed E-state index contributed by atoms with van der Waals surface area (Å²) in [5.41, 5.74) is 1.22. The van der Waals surface area contributed by atoms with Crippen molar-refractivity contribution in [1.82, 2.24) is 5.32 Å². The number of hydrogen-bond acceptors (Lipinski definition) is 2. The van der Waals surface area contributed by atoms with Gasteiger partial charge < -0.3 is 10.4 Å². The minimum atomic E-state index is -0.295. The lowest BCUT2D eigenvalue weighted by atomic mass is 10.0. The molecule has 0 amide bonds. The zero-order valence-electron chi connectivity index (χ0n) is 10.8. The molecule has 2 unspecified atom stereocenters. The van der Waals surface area contributed by atoms with Crippen LogP contribution in [0.5, 0.6) is 0 Å².